The summed E-state index contributed by atoms with van der Waals surface area (Å²) in [4.78, 5) is 15.9. The van der Waals surface area contributed by atoms with Gasteiger partial charge in [-0.1, -0.05) is 6.42 Å². The molecule has 0 saturated heterocycles. The lowest BCUT2D eigenvalue weighted by Crippen LogP contribution is -2.34. The molecular formula is C12H18N4O. The summed E-state index contributed by atoms with van der Waals surface area (Å²) in [6.07, 6.45) is 5.30. The standard InChI is InChI=1S/C12H18N4O/c13-9-3-1-2-8(6-9)12(17)16-10-4-5-11(14)15-7-10/h4-5,7-9H,1-3,6,13H2,(H2,14,15)(H,16,17). The molecule has 1 fully saturated rings. The number of nitrogens with two attached hydrogens (primary N) is 2. The molecule has 92 valence electrons. The Labute approximate surface area is 101 Å². The number of hydrogen-bond donors (Lipinski definition) is 3. The zero-order chi connectivity index (χ0) is 12.3. The molecule has 2 unspecified atom stereocenters. The predicted octanol–water partition coefficient (Wildman–Crippen LogP) is 1.12. The second-order valence-corrected chi connectivity index (χ2v) is 4.58. The average Bonchev–Trinajstić information content (AvgIpc) is 2.32. The van der Waals surface area contributed by atoms with Crippen LogP contribution in [0, 0.1) is 5.92 Å². The van der Waals surface area contributed by atoms with Crippen LogP contribution in [-0.4, -0.2) is 16.9 Å². The first kappa shape index (κ1) is 11.9. The third-order valence-electron chi connectivity index (χ3n) is 3.14. The molecular weight excluding hydrogens is 216 g/mol. The molecule has 0 radical (unpaired) electrons. The van der Waals surface area contributed by atoms with E-state index in [1.54, 1.807) is 18.3 Å². The fraction of sp³-hybridized carbons (Fsp3) is 0.500. The normalized spacial score (nSPS) is 24.3. The van der Waals surface area contributed by atoms with E-state index in [4.69, 9.17) is 11.5 Å². The van der Waals surface area contributed by atoms with Gasteiger partial charge in [0.2, 0.25) is 5.91 Å². The molecule has 2 rings (SSSR count). The molecule has 1 heterocycles. The molecule has 1 aliphatic carbocycles. The van der Waals surface area contributed by atoms with E-state index in [-0.39, 0.29) is 17.9 Å². The second-order valence-electron chi connectivity index (χ2n) is 4.58. The number of rotatable bonds is 2. The van der Waals surface area contributed by atoms with Crippen molar-refractivity contribution in [2.45, 2.75) is 31.7 Å². The summed E-state index contributed by atoms with van der Waals surface area (Å²) in [5.74, 6) is 0.505. The van der Waals surface area contributed by atoms with E-state index >= 15 is 0 Å². The van der Waals surface area contributed by atoms with Crippen molar-refractivity contribution in [3.63, 3.8) is 0 Å². The van der Waals surface area contributed by atoms with Gasteiger partial charge in [-0.3, -0.25) is 4.79 Å². The highest BCUT2D eigenvalue weighted by molar-refractivity contribution is 5.92. The highest BCUT2D eigenvalue weighted by atomic mass is 16.1. The lowest BCUT2D eigenvalue weighted by atomic mass is 9.85. The van der Waals surface area contributed by atoms with E-state index in [0.29, 0.717) is 11.5 Å². The molecule has 0 aliphatic heterocycles. The summed E-state index contributed by atoms with van der Waals surface area (Å²) >= 11 is 0. The van der Waals surface area contributed by atoms with Crippen molar-refractivity contribution in [3.05, 3.63) is 18.3 Å². The number of nitrogens with zero attached hydrogens (tertiary/aromatic N) is 1. The number of pyridine rings is 1. The van der Waals surface area contributed by atoms with Crippen LogP contribution in [0.3, 0.4) is 0 Å². The van der Waals surface area contributed by atoms with Gasteiger partial charge >= 0.3 is 0 Å². The van der Waals surface area contributed by atoms with Gasteiger partial charge in [0.25, 0.3) is 0 Å². The van der Waals surface area contributed by atoms with Crippen molar-refractivity contribution in [2.24, 2.45) is 11.7 Å². The van der Waals surface area contributed by atoms with Gasteiger partial charge in [-0.25, -0.2) is 4.98 Å². The third-order valence-corrected chi connectivity index (χ3v) is 3.14. The molecule has 1 aliphatic rings. The van der Waals surface area contributed by atoms with Crippen molar-refractivity contribution < 1.29 is 4.79 Å². The maximum absolute atomic E-state index is 12.0. The van der Waals surface area contributed by atoms with Crippen LogP contribution in [0.5, 0.6) is 0 Å². The van der Waals surface area contributed by atoms with Crippen LogP contribution in [0.4, 0.5) is 11.5 Å². The van der Waals surface area contributed by atoms with E-state index in [0.717, 1.165) is 25.7 Å². The first-order chi connectivity index (χ1) is 8.15. The molecule has 0 bridgehead atoms. The van der Waals surface area contributed by atoms with Gasteiger partial charge in [0.15, 0.2) is 0 Å². The highest BCUT2D eigenvalue weighted by Crippen LogP contribution is 2.24. The molecule has 1 aromatic heterocycles. The summed E-state index contributed by atoms with van der Waals surface area (Å²) in [5, 5.41) is 2.85. The molecule has 5 heteroatoms. The van der Waals surface area contributed by atoms with Crippen LogP contribution >= 0.6 is 0 Å². The third kappa shape index (κ3) is 3.17. The number of carbonyl (C=O) groups is 1. The van der Waals surface area contributed by atoms with Crippen LogP contribution in [0.1, 0.15) is 25.7 Å². The minimum Gasteiger partial charge on any atom is -0.384 e. The predicted molar refractivity (Wildman–Crippen MR) is 67.2 cm³/mol. The van der Waals surface area contributed by atoms with Gasteiger partial charge < -0.3 is 16.8 Å². The molecule has 1 saturated carbocycles. The van der Waals surface area contributed by atoms with Gasteiger partial charge in [-0.05, 0) is 31.4 Å². The van der Waals surface area contributed by atoms with Crippen molar-refractivity contribution in [1.82, 2.24) is 4.98 Å². The number of nitrogens with one attached hydrogen (secondary N) is 1. The van der Waals surface area contributed by atoms with Crippen LogP contribution in [-0.2, 0) is 4.79 Å². The van der Waals surface area contributed by atoms with Crippen molar-refractivity contribution in [3.8, 4) is 0 Å². The smallest absolute Gasteiger partial charge is 0.227 e. The number of anilines is 2. The first-order valence-electron chi connectivity index (χ1n) is 5.93. The molecule has 5 nitrogen and oxygen atoms in total. The summed E-state index contributed by atoms with van der Waals surface area (Å²) in [6.45, 7) is 0. The topological polar surface area (TPSA) is 94.0 Å². The fourth-order valence-electron chi connectivity index (χ4n) is 2.19. The molecule has 5 N–H and O–H groups in total. The van der Waals surface area contributed by atoms with E-state index < -0.39 is 0 Å². The Bertz CT molecular complexity index is 390. The number of aromatic nitrogens is 1. The minimum atomic E-state index is 0.0244. The van der Waals surface area contributed by atoms with Crippen molar-refractivity contribution in [1.29, 1.82) is 0 Å². The summed E-state index contributed by atoms with van der Waals surface area (Å²) < 4.78 is 0. The lowest BCUT2D eigenvalue weighted by molar-refractivity contribution is -0.120. The van der Waals surface area contributed by atoms with Gasteiger partial charge in [0.05, 0.1) is 11.9 Å². The van der Waals surface area contributed by atoms with Crippen molar-refractivity contribution >= 4 is 17.4 Å². The first-order valence-corrected chi connectivity index (χ1v) is 5.93. The van der Waals surface area contributed by atoms with Gasteiger partial charge in [-0.2, -0.15) is 0 Å². The Morgan fingerprint density at radius 2 is 2.24 bits per heavy atom. The highest BCUT2D eigenvalue weighted by Gasteiger charge is 2.25. The SMILES string of the molecule is Nc1ccc(NC(=O)C2CCCC(N)C2)cn1. The van der Waals surface area contributed by atoms with Crippen LogP contribution in [0.25, 0.3) is 0 Å². The Kier molecular flexibility index (Phi) is 3.58. The van der Waals surface area contributed by atoms with E-state index in [2.05, 4.69) is 10.3 Å². The lowest BCUT2D eigenvalue weighted by Gasteiger charge is -2.25. The molecule has 0 aromatic carbocycles. The quantitative estimate of drug-likeness (QED) is 0.714. The maximum atomic E-state index is 12.0. The van der Waals surface area contributed by atoms with Gasteiger partial charge in [0.1, 0.15) is 5.82 Å². The fourth-order valence-corrected chi connectivity index (χ4v) is 2.19. The average molecular weight is 234 g/mol. The summed E-state index contributed by atoms with van der Waals surface area (Å²) in [5.41, 5.74) is 12.0. The van der Waals surface area contributed by atoms with Crippen molar-refractivity contribution in [2.75, 3.05) is 11.1 Å². The number of nitrogen functional groups attached to an aromatic ring is 1. The maximum Gasteiger partial charge on any atom is 0.227 e. The zero-order valence-electron chi connectivity index (χ0n) is 9.73. The Hall–Kier alpha value is -1.62. The molecule has 0 spiro atoms. The Morgan fingerprint density at radius 3 is 2.88 bits per heavy atom. The Morgan fingerprint density at radius 1 is 1.41 bits per heavy atom. The summed E-state index contributed by atoms with van der Waals surface area (Å²) in [6, 6.07) is 3.58. The molecule has 17 heavy (non-hydrogen) atoms. The molecule has 1 aromatic rings. The molecule has 2 atom stereocenters. The number of amides is 1. The number of hydrogen-bond acceptors (Lipinski definition) is 4. The van der Waals surface area contributed by atoms with Crippen LogP contribution < -0.4 is 16.8 Å². The number of carbonyl (C=O) groups excluding carboxylic acids is 1. The van der Waals surface area contributed by atoms with Gasteiger partial charge in [-0.15, -0.1) is 0 Å². The summed E-state index contributed by atoms with van der Waals surface area (Å²) in [7, 11) is 0. The van der Waals surface area contributed by atoms with Crippen LogP contribution in [0.2, 0.25) is 0 Å². The largest absolute Gasteiger partial charge is 0.384 e. The van der Waals surface area contributed by atoms with Gasteiger partial charge in [0, 0.05) is 12.0 Å². The van der Waals surface area contributed by atoms with E-state index in [9.17, 15) is 4.79 Å². The van der Waals surface area contributed by atoms with E-state index in [1.807, 2.05) is 0 Å². The zero-order valence-corrected chi connectivity index (χ0v) is 9.73. The monoisotopic (exact) mass is 234 g/mol. The molecule has 1 amide bonds. The minimum absolute atomic E-state index is 0.0244. The second kappa shape index (κ2) is 5.14. The van der Waals surface area contributed by atoms with Crippen LogP contribution in [0.15, 0.2) is 18.3 Å². The van der Waals surface area contributed by atoms with E-state index in [1.165, 1.54) is 0 Å². The Balaban J connectivity index is 1.94.